The van der Waals surface area contributed by atoms with Crippen molar-refractivity contribution in [1.82, 2.24) is 5.32 Å². The minimum atomic E-state index is -0.448. The Morgan fingerprint density at radius 3 is 2.58 bits per heavy atom. The van der Waals surface area contributed by atoms with Crippen LogP contribution in [-0.2, 0) is 9.53 Å². The smallest absolute Gasteiger partial charge is 0.326 e. The third-order valence-electron chi connectivity index (χ3n) is 2.61. The lowest BCUT2D eigenvalue weighted by atomic mass is 9.96. The highest BCUT2D eigenvalue weighted by atomic mass is 16.5. The van der Waals surface area contributed by atoms with Crippen LogP contribution in [0.4, 0.5) is 0 Å². The SMILES string of the molecule is CCOC(=O)C(C)(NC)C1CC1. The summed E-state index contributed by atoms with van der Waals surface area (Å²) in [6, 6.07) is 0. The molecule has 0 spiro atoms. The average molecular weight is 171 g/mol. The van der Waals surface area contributed by atoms with Gasteiger partial charge in [0.25, 0.3) is 0 Å². The van der Waals surface area contributed by atoms with E-state index < -0.39 is 5.54 Å². The van der Waals surface area contributed by atoms with E-state index >= 15 is 0 Å². The molecule has 0 heterocycles. The Labute approximate surface area is 73.5 Å². The molecule has 1 N–H and O–H groups in total. The van der Waals surface area contributed by atoms with Crippen LogP contribution in [0.25, 0.3) is 0 Å². The zero-order chi connectivity index (χ0) is 9.19. The van der Waals surface area contributed by atoms with Crippen LogP contribution in [-0.4, -0.2) is 25.2 Å². The summed E-state index contributed by atoms with van der Waals surface area (Å²) >= 11 is 0. The van der Waals surface area contributed by atoms with E-state index in [9.17, 15) is 4.79 Å². The molecule has 0 amide bonds. The van der Waals surface area contributed by atoms with E-state index in [1.54, 1.807) is 0 Å². The highest BCUT2D eigenvalue weighted by molar-refractivity contribution is 5.81. The van der Waals surface area contributed by atoms with Crippen LogP contribution in [0.1, 0.15) is 26.7 Å². The van der Waals surface area contributed by atoms with Gasteiger partial charge in [-0.1, -0.05) is 0 Å². The fraction of sp³-hybridized carbons (Fsp3) is 0.889. The van der Waals surface area contributed by atoms with Crippen molar-refractivity contribution in [3.63, 3.8) is 0 Å². The minimum Gasteiger partial charge on any atom is -0.465 e. The summed E-state index contributed by atoms with van der Waals surface area (Å²) in [5, 5.41) is 3.05. The van der Waals surface area contributed by atoms with Crippen LogP contribution in [0.15, 0.2) is 0 Å². The molecule has 1 saturated carbocycles. The Bertz CT molecular complexity index is 177. The molecule has 0 aliphatic heterocycles. The number of carbonyl (C=O) groups is 1. The second kappa shape index (κ2) is 3.44. The van der Waals surface area contributed by atoms with Gasteiger partial charge in [0.1, 0.15) is 5.54 Å². The maximum Gasteiger partial charge on any atom is 0.326 e. The summed E-state index contributed by atoms with van der Waals surface area (Å²) in [7, 11) is 1.81. The molecule has 3 nitrogen and oxygen atoms in total. The third-order valence-corrected chi connectivity index (χ3v) is 2.61. The van der Waals surface area contributed by atoms with Crippen molar-refractivity contribution < 1.29 is 9.53 Å². The molecule has 0 saturated heterocycles. The zero-order valence-electron chi connectivity index (χ0n) is 8.02. The molecule has 1 unspecified atom stereocenters. The molecular formula is C9H17NO2. The second-order valence-electron chi connectivity index (χ2n) is 3.45. The van der Waals surface area contributed by atoms with Gasteiger partial charge in [-0.15, -0.1) is 0 Å². The fourth-order valence-electron chi connectivity index (χ4n) is 1.41. The molecule has 1 aliphatic rings. The maximum absolute atomic E-state index is 11.5. The fourth-order valence-corrected chi connectivity index (χ4v) is 1.41. The number of carbonyl (C=O) groups excluding carboxylic acids is 1. The van der Waals surface area contributed by atoms with Crippen LogP contribution in [0, 0.1) is 5.92 Å². The van der Waals surface area contributed by atoms with Gasteiger partial charge in [0.15, 0.2) is 0 Å². The molecular weight excluding hydrogens is 154 g/mol. The minimum absolute atomic E-state index is 0.116. The number of hydrogen-bond acceptors (Lipinski definition) is 3. The van der Waals surface area contributed by atoms with Crippen LogP contribution >= 0.6 is 0 Å². The summed E-state index contributed by atoms with van der Waals surface area (Å²) in [4.78, 5) is 11.5. The van der Waals surface area contributed by atoms with Gasteiger partial charge in [-0.05, 0) is 39.7 Å². The first-order valence-corrected chi connectivity index (χ1v) is 4.51. The number of hydrogen-bond donors (Lipinski definition) is 1. The van der Waals surface area contributed by atoms with Crippen molar-refractivity contribution in [2.24, 2.45) is 5.92 Å². The van der Waals surface area contributed by atoms with Crippen LogP contribution in [0.3, 0.4) is 0 Å². The number of rotatable bonds is 4. The zero-order valence-corrected chi connectivity index (χ0v) is 8.02. The molecule has 12 heavy (non-hydrogen) atoms. The van der Waals surface area contributed by atoms with Crippen molar-refractivity contribution in [1.29, 1.82) is 0 Å². The lowest BCUT2D eigenvalue weighted by Crippen LogP contribution is -2.50. The maximum atomic E-state index is 11.5. The first-order valence-electron chi connectivity index (χ1n) is 4.51. The predicted molar refractivity (Wildman–Crippen MR) is 46.8 cm³/mol. The van der Waals surface area contributed by atoms with Gasteiger partial charge in [0.2, 0.25) is 0 Å². The molecule has 70 valence electrons. The highest BCUT2D eigenvalue weighted by Crippen LogP contribution is 2.39. The Morgan fingerprint density at radius 1 is 1.67 bits per heavy atom. The number of likely N-dealkylation sites (N-methyl/N-ethyl adjacent to an activating group) is 1. The summed E-state index contributed by atoms with van der Waals surface area (Å²) in [6.45, 7) is 4.21. The van der Waals surface area contributed by atoms with E-state index in [1.807, 2.05) is 20.9 Å². The van der Waals surface area contributed by atoms with E-state index in [2.05, 4.69) is 5.32 Å². The average Bonchev–Trinajstić information content (AvgIpc) is 2.86. The molecule has 0 aromatic carbocycles. The molecule has 0 aromatic heterocycles. The van der Waals surface area contributed by atoms with Crippen molar-refractivity contribution >= 4 is 5.97 Å². The topological polar surface area (TPSA) is 38.3 Å². The van der Waals surface area contributed by atoms with E-state index in [0.29, 0.717) is 12.5 Å². The van der Waals surface area contributed by atoms with Gasteiger partial charge in [0, 0.05) is 0 Å². The molecule has 1 atom stereocenters. The lowest BCUT2D eigenvalue weighted by molar-refractivity contribution is -0.151. The summed E-state index contributed by atoms with van der Waals surface area (Å²) in [5.41, 5.74) is -0.448. The largest absolute Gasteiger partial charge is 0.465 e. The van der Waals surface area contributed by atoms with Gasteiger partial charge in [-0.2, -0.15) is 0 Å². The number of ether oxygens (including phenoxy) is 1. The number of nitrogens with one attached hydrogen (secondary N) is 1. The van der Waals surface area contributed by atoms with Crippen molar-refractivity contribution in [3.8, 4) is 0 Å². The molecule has 0 bridgehead atoms. The number of esters is 1. The first kappa shape index (κ1) is 9.52. The molecule has 1 fully saturated rings. The summed E-state index contributed by atoms with van der Waals surface area (Å²) < 4.78 is 5.00. The third kappa shape index (κ3) is 1.61. The van der Waals surface area contributed by atoms with Crippen LogP contribution < -0.4 is 5.32 Å². The summed E-state index contributed by atoms with van der Waals surface area (Å²) in [5.74, 6) is 0.358. The predicted octanol–water partition coefficient (Wildman–Crippen LogP) is 0.938. The van der Waals surface area contributed by atoms with Gasteiger partial charge in [-0.25, -0.2) is 0 Å². The molecule has 0 radical (unpaired) electrons. The molecule has 1 rings (SSSR count). The standard InChI is InChI=1S/C9H17NO2/c1-4-12-8(11)9(2,10-3)7-5-6-7/h7,10H,4-6H2,1-3H3. The van der Waals surface area contributed by atoms with Gasteiger partial charge < -0.3 is 10.1 Å². The Hall–Kier alpha value is -0.570. The quantitative estimate of drug-likeness (QED) is 0.640. The van der Waals surface area contributed by atoms with Gasteiger partial charge in [-0.3, -0.25) is 4.79 Å². The van der Waals surface area contributed by atoms with Crippen LogP contribution in [0.2, 0.25) is 0 Å². The second-order valence-corrected chi connectivity index (χ2v) is 3.45. The van der Waals surface area contributed by atoms with Crippen molar-refractivity contribution in [2.75, 3.05) is 13.7 Å². The van der Waals surface area contributed by atoms with E-state index in [-0.39, 0.29) is 5.97 Å². The summed E-state index contributed by atoms with van der Waals surface area (Å²) in [6.07, 6.45) is 2.27. The van der Waals surface area contributed by atoms with Gasteiger partial charge in [0.05, 0.1) is 6.61 Å². The van der Waals surface area contributed by atoms with Gasteiger partial charge >= 0.3 is 5.97 Å². The van der Waals surface area contributed by atoms with Crippen LogP contribution in [0.5, 0.6) is 0 Å². The Kier molecular flexibility index (Phi) is 2.73. The van der Waals surface area contributed by atoms with E-state index in [4.69, 9.17) is 4.74 Å². The van der Waals surface area contributed by atoms with Crippen molar-refractivity contribution in [3.05, 3.63) is 0 Å². The van der Waals surface area contributed by atoms with E-state index in [1.165, 1.54) is 0 Å². The Balaban J connectivity index is 2.58. The molecule has 1 aliphatic carbocycles. The lowest BCUT2D eigenvalue weighted by Gasteiger charge is -2.26. The molecule has 3 heteroatoms. The molecule has 0 aromatic rings. The Morgan fingerprint density at radius 2 is 2.25 bits per heavy atom. The van der Waals surface area contributed by atoms with E-state index in [0.717, 1.165) is 12.8 Å². The monoisotopic (exact) mass is 171 g/mol. The highest BCUT2D eigenvalue weighted by Gasteiger charge is 2.47. The van der Waals surface area contributed by atoms with Crippen molar-refractivity contribution in [2.45, 2.75) is 32.2 Å². The first-order chi connectivity index (χ1) is 5.65. The normalized spacial score (nSPS) is 21.6.